The minimum absolute atomic E-state index is 0.0185. The highest BCUT2D eigenvalue weighted by molar-refractivity contribution is 7.11. The molecular weight excluding hydrogens is 301 g/mol. The third-order valence-electron chi connectivity index (χ3n) is 3.87. The molecule has 116 valence electrons. The van der Waals surface area contributed by atoms with Crippen LogP contribution in [0.5, 0.6) is 0 Å². The van der Waals surface area contributed by atoms with Gasteiger partial charge in [-0.3, -0.25) is 4.79 Å². The van der Waals surface area contributed by atoms with Crippen LogP contribution in [-0.4, -0.2) is 42.0 Å². The number of hydrogen-bond acceptors (Lipinski definition) is 4. The zero-order valence-electron chi connectivity index (χ0n) is 12.7. The van der Waals surface area contributed by atoms with Gasteiger partial charge in [-0.1, -0.05) is 12.1 Å². The SMILES string of the molecule is Cc1nc(C(=O)N2CCN(c3ccccc3F)CC2)c(C)s1. The predicted molar refractivity (Wildman–Crippen MR) is 86.1 cm³/mol. The van der Waals surface area contributed by atoms with Gasteiger partial charge in [0, 0.05) is 31.1 Å². The summed E-state index contributed by atoms with van der Waals surface area (Å²) in [7, 11) is 0. The summed E-state index contributed by atoms with van der Waals surface area (Å²) in [6.45, 7) is 6.27. The Morgan fingerprint density at radius 2 is 1.86 bits per heavy atom. The maximum absolute atomic E-state index is 13.8. The van der Waals surface area contributed by atoms with E-state index in [0.717, 1.165) is 9.88 Å². The molecule has 1 amide bonds. The first-order valence-corrected chi connectivity index (χ1v) is 8.10. The summed E-state index contributed by atoms with van der Waals surface area (Å²) >= 11 is 1.54. The van der Waals surface area contributed by atoms with Crippen molar-refractivity contribution in [2.45, 2.75) is 13.8 Å². The number of rotatable bonds is 2. The number of aryl methyl sites for hydroxylation is 2. The standard InChI is InChI=1S/C16H18FN3OS/c1-11-15(18-12(2)22-11)16(21)20-9-7-19(8-10-20)14-6-4-3-5-13(14)17/h3-6H,7-10H2,1-2H3. The summed E-state index contributed by atoms with van der Waals surface area (Å²) in [5, 5.41) is 0.908. The summed E-state index contributed by atoms with van der Waals surface area (Å²) in [6.07, 6.45) is 0. The van der Waals surface area contributed by atoms with Gasteiger partial charge in [0.1, 0.15) is 11.5 Å². The summed E-state index contributed by atoms with van der Waals surface area (Å²) in [6, 6.07) is 6.76. The lowest BCUT2D eigenvalue weighted by Crippen LogP contribution is -2.49. The van der Waals surface area contributed by atoms with Gasteiger partial charge in [0.05, 0.1) is 10.7 Å². The Balaban J connectivity index is 1.68. The highest BCUT2D eigenvalue weighted by atomic mass is 32.1. The molecule has 1 aromatic carbocycles. The van der Waals surface area contributed by atoms with Crippen molar-refractivity contribution < 1.29 is 9.18 Å². The van der Waals surface area contributed by atoms with Crippen molar-refractivity contribution in [3.63, 3.8) is 0 Å². The molecule has 0 radical (unpaired) electrons. The Hall–Kier alpha value is -1.95. The lowest BCUT2D eigenvalue weighted by Gasteiger charge is -2.36. The van der Waals surface area contributed by atoms with Crippen LogP contribution in [0.25, 0.3) is 0 Å². The maximum Gasteiger partial charge on any atom is 0.273 e. The summed E-state index contributed by atoms with van der Waals surface area (Å²) in [5.41, 5.74) is 1.16. The molecule has 1 fully saturated rings. The van der Waals surface area contributed by atoms with Gasteiger partial charge in [-0.2, -0.15) is 0 Å². The van der Waals surface area contributed by atoms with E-state index < -0.39 is 0 Å². The van der Waals surface area contributed by atoms with Gasteiger partial charge in [-0.05, 0) is 26.0 Å². The second kappa shape index (κ2) is 6.04. The lowest BCUT2D eigenvalue weighted by atomic mass is 10.2. The number of thiazole rings is 1. The second-order valence-electron chi connectivity index (χ2n) is 5.37. The zero-order valence-corrected chi connectivity index (χ0v) is 13.5. The molecular formula is C16H18FN3OS. The van der Waals surface area contributed by atoms with Crippen LogP contribution in [-0.2, 0) is 0 Å². The number of carbonyl (C=O) groups is 1. The monoisotopic (exact) mass is 319 g/mol. The highest BCUT2D eigenvalue weighted by Crippen LogP contribution is 2.22. The van der Waals surface area contributed by atoms with Crippen LogP contribution in [0.15, 0.2) is 24.3 Å². The molecule has 4 nitrogen and oxygen atoms in total. The van der Waals surface area contributed by atoms with E-state index in [1.54, 1.807) is 28.4 Å². The lowest BCUT2D eigenvalue weighted by molar-refractivity contribution is 0.0740. The van der Waals surface area contributed by atoms with E-state index in [9.17, 15) is 9.18 Å². The third-order valence-corrected chi connectivity index (χ3v) is 4.75. The molecule has 0 N–H and O–H groups in total. The molecule has 0 unspecified atom stereocenters. The molecule has 2 heterocycles. The molecule has 0 saturated carbocycles. The molecule has 22 heavy (non-hydrogen) atoms. The summed E-state index contributed by atoms with van der Waals surface area (Å²) in [4.78, 5) is 21.6. The molecule has 0 aliphatic carbocycles. The van der Waals surface area contributed by atoms with E-state index in [-0.39, 0.29) is 11.7 Å². The van der Waals surface area contributed by atoms with Crippen LogP contribution < -0.4 is 4.90 Å². The fourth-order valence-electron chi connectivity index (χ4n) is 2.74. The van der Waals surface area contributed by atoms with E-state index in [1.165, 1.54) is 6.07 Å². The van der Waals surface area contributed by atoms with Gasteiger partial charge < -0.3 is 9.80 Å². The van der Waals surface area contributed by atoms with E-state index in [1.807, 2.05) is 24.8 Å². The number of carbonyl (C=O) groups excluding carboxylic acids is 1. The highest BCUT2D eigenvalue weighted by Gasteiger charge is 2.26. The fourth-order valence-corrected chi connectivity index (χ4v) is 3.55. The van der Waals surface area contributed by atoms with Crippen molar-refractivity contribution in [3.05, 3.63) is 45.7 Å². The van der Waals surface area contributed by atoms with Gasteiger partial charge in [0.15, 0.2) is 0 Å². The number of halogens is 1. The number of nitrogens with zero attached hydrogens (tertiary/aromatic N) is 3. The van der Waals surface area contributed by atoms with Gasteiger partial charge in [-0.25, -0.2) is 9.37 Å². The molecule has 3 rings (SSSR count). The average molecular weight is 319 g/mol. The van der Waals surface area contributed by atoms with Crippen molar-refractivity contribution in [1.82, 2.24) is 9.88 Å². The average Bonchev–Trinajstić information content (AvgIpc) is 2.86. The van der Waals surface area contributed by atoms with E-state index in [2.05, 4.69) is 4.98 Å². The molecule has 2 aromatic rings. The van der Waals surface area contributed by atoms with Gasteiger partial charge >= 0.3 is 0 Å². The first-order chi connectivity index (χ1) is 10.6. The number of benzene rings is 1. The van der Waals surface area contributed by atoms with Crippen LogP contribution in [0, 0.1) is 19.7 Å². The Morgan fingerprint density at radius 3 is 2.45 bits per heavy atom. The van der Waals surface area contributed by atoms with Crippen molar-refractivity contribution in [1.29, 1.82) is 0 Å². The van der Waals surface area contributed by atoms with Crippen LogP contribution in [0.1, 0.15) is 20.4 Å². The number of aromatic nitrogens is 1. The number of hydrogen-bond donors (Lipinski definition) is 0. The number of piperazine rings is 1. The minimum Gasteiger partial charge on any atom is -0.366 e. The number of amides is 1. The van der Waals surface area contributed by atoms with Crippen molar-refractivity contribution >= 4 is 22.9 Å². The first kappa shape index (κ1) is 15.0. The number of para-hydroxylation sites is 1. The Bertz CT molecular complexity index is 692. The van der Waals surface area contributed by atoms with Crippen molar-refractivity contribution in [3.8, 4) is 0 Å². The molecule has 1 aliphatic heterocycles. The first-order valence-electron chi connectivity index (χ1n) is 7.29. The Labute approximate surface area is 133 Å². The third kappa shape index (κ3) is 2.83. The van der Waals surface area contributed by atoms with E-state index in [4.69, 9.17) is 0 Å². The summed E-state index contributed by atoms with van der Waals surface area (Å²) < 4.78 is 13.8. The van der Waals surface area contributed by atoms with E-state index >= 15 is 0 Å². The predicted octanol–water partition coefficient (Wildman–Crippen LogP) is 2.86. The molecule has 1 saturated heterocycles. The molecule has 0 bridgehead atoms. The van der Waals surface area contributed by atoms with Gasteiger partial charge in [0.25, 0.3) is 5.91 Å². The minimum atomic E-state index is -0.215. The molecule has 6 heteroatoms. The zero-order chi connectivity index (χ0) is 15.7. The largest absolute Gasteiger partial charge is 0.366 e. The van der Waals surface area contributed by atoms with Crippen molar-refractivity contribution in [2.75, 3.05) is 31.1 Å². The van der Waals surface area contributed by atoms with Crippen LogP contribution in [0.4, 0.5) is 10.1 Å². The molecule has 1 aromatic heterocycles. The van der Waals surface area contributed by atoms with Crippen LogP contribution in [0.2, 0.25) is 0 Å². The van der Waals surface area contributed by atoms with Gasteiger partial charge in [0.2, 0.25) is 0 Å². The van der Waals surface area contributed by atoms with Gasteiger partial charge in [-0.15, -0.1) is 11.3 Å². The molecule has 0 spiro atoms. The quantitative estimate of drug-likeness (QED) is 0.854. The Morgan fingerprint density at radius 1 is 1.18 bits per heavy atom. The molecule has 0 atom stereocenters. The Kier molecular flexibility index (Phi) is 4.11. The van der Waals surface area contributed by atoms with Crippen molar-refractivity contribution in [2.24, 2.45) is 0 Å². The topological polar surface area (TPSA) is 36.4 Å². The molecule has 1 aliphatic rings. The second-order valence-corrected chi connectivity index (χ2v) is 6.78. The summed E-state index contributed by atoms with van der Waals surface area (Å²) in [5.74, 6) is -0.233. The normalized spacial score (nSPS) is 15.2. The van der Waals surface area contributed by atoms with Crippen LogP contribution >= 0.6 is 11.3 Å². The van der Waals surface area contributed by atoms with Crippen LogP contribution in [0.3, 0.4) is 0 Å². The smallest absolute Gasteiger partial charge is 0.273 e. The van der Waals surface area contributed by atoms with E-state index in [0.29, 0.717) is 37.6 Å². The fraction of sp³-hybridized carbons (Fsp3) is 0.375. The number of anilines is 1. The maximum atomic E-state index is 13.8.